The van der Waals surface area contributed by atoms with Crippen molar-refractivity contribution in [1.82, 2.24) is 24.3 Å². The number of rotatable bonds is 7. The maximum atomic E-state index is 13.3. The van der Waals surface area contributed by atoms with Crippen LogP contribution in [0.15, 0.2) is 42.7 Å². The average molecular weight is 424 g/mol. The van der Waals surface area contributed by atoms with Crippen molar-refractivity contribution in [2.24, 2.45) is 5.41 Å². The molecule has 4 heterocycles. The van der Waals surface area contributed by atoms with Gasteiger partial charge in [0.15, 0.2) is 0 Å². The van der Waals surface area contributed by atoms with Gasteiger partial charge < -0.3 is 14.2 Å². The molecule has 0 N–H and O–H groups in total. The highest BCUT2D eigenvalue weighted by Gasteiger charge is 2.50. The van der Waals surface area contributed by atoms with E-state index in [1.165, 1.54) is 5.56 Å². The number of benzene rings is 1. The topological polar surface area (TPSA) is 53.8 Å². The number of hydrogen-bond acceptors (Lipinski definition) is 5. The van der Waals surface area contributed by atoms with Crippen molar-refractivity contribution in [1.29, 1.82) is 0 Å². The minimum atomic E-state index is -0.179. The van der Waals surface area contributed by atoms with Crippen LogP contribution in [0, 0.1) is 5.41 Å². The van der Waals surface area contributed by atoms with Crippen molar-refractivity contribution in [3.8, 4) is 0 Å². The van der Waals surface area contributed by atoms with Crippen molar-refractivity contribution in [2.45, 2.75) is 25.9 Å². The van der Waals surface area contributed by atoms with Gasteiger partial charge >= 0.3 is 0 Å². The first-order chi connectivity index (χ1) is 15.2. The first-order valence-electron chi connectivity index (χ1n) is 11.6. The summed E-state index contributed by atoms with van der Waals surface area (Å²) in [4.78, 5) is 24.9. The smallest absolute Gasteiger partial charge is 0.230 e. The molecule has 0 aliphatic carbocycles. The van der Waals surface area contributed by atoms with Crippen molar-refractivity contribution in [3.63, 3.8) is 0 Å². The Kier molecular flexibility index (Phi) is 6.07. The number of morpholine rings is 1. The fraction of sp³-hybridized carbons (Fsp3) is 0.583. The molecule has 1 aromatic carbocycles. The van der Waals surface area contributed by atoms with Crippen LogP contribution < -0.4 is 0 Å². The monoisotopic (exact) mass is 423 g/mol. The second kappa shape index (κ2) is 9.10. The molecule has 1 spiro atoms. The van der Waals surface area contributed by atoms with E-state index in [9.17, 15) is 4.79 Å². The van der Waals surface area contributed by atoms with Crippen LogP contribution in [-0.2, 0) is 22.6 Å². The normalized spacial score (nSPS) is 25.2. The van der Waals surface area contributed by atoms with E-state index >= 15 is 0 Å². The lowest BCUT2D eigenvalue weighted by Gasteiger charge is -2.29. The maximum Gasteiger partial charge on any atom is 0.230 e. The molecule has 0 radical (unpaired) electrons. The third-order valence-corrected chi connectivity index (χ3v) is 7.19. The Morgan fingerprint density at radius 1 is 0.935 bits per heavy atom. The Labute approximate surface area is 184 Å². The second-order valence-electron chi connectivity index (χ2n) is 9.19. The van der Waals surface area contributed by atoms with E-state index in [0.29, 0.717) is 5.91 Å². The van der Waals surface area contributed by atoms with Gasteiger partial charge in [0.05, 0.1) is 25.2 Å². The predicted molar refractivity (Wildman–Crippen MR) is 119 cm³/mol. The zero-order valence-electron chi connectivity index (χ0n) is 18.3. The van der Waals surface area contributed by atoms with E-state index < -0.39 is 0 Å². The van der Waals surface area contributed by atoms with E-state index in [1.54, 1.807) is 0 Å². The highest BCUT2D eigenvalue weighted by molar-refractivity contribution is 5.85. The Hall–Kier alpha value is -2.22. The summed E-state index contributed by atoms with van der Waals surface area (Å²) < 4.78 is 7.66. The van der Waals surface area contributed by atoms with Crippen LogP contribution in [0.1, 0.15) is 24.2 Å². The average Bonchev–Trinajstić information content (AvgIpc) is 3.50. The van der Waals surface area contributed by atoms with Crippen molar-refractivity contribution < 1.29 is 9.53 Å². The number of amides is 1. The van der Waals surface area contributed by atoms with Gasteiger partial charge in [0.2, 0.25) is 5.91 Å². The lowest BCUT2D eigenvalue weighted by Crippen LogP contribution is -2.43. The highest BCUT2D eigenvalue weighted by Crippen LogP contribution is 2.41. The van der Waals surface area contributed by atoms with Crippen molar-refractivity contribution in [3.05, 3.63) is 54.1 Å². The second-order valence-corrected chi connectivity index (χ2v) is 9.19. The van der Waals surface area contributed by atoms with Crippen LogP contribution >= 0.6 is 0 Å². The van der Waals surface area contributed by atoms with E-state index in [1.807, 2.05) is 12.3 Å². The number of carbonyl (C=O) groups excluding carboxylic acids is 1. The molecule has 3 fully saturated rings. The summed E-state index contributed by atoms with van der Waals surface area (Å²) in [6.45, 7) is 9.78. The first-order valence-corrected chi connectivity index (χ1v) is 11.6. The highest BCUT2D eigenvalue weighted by atomic mass is 16.5. The fourth-order valence-corrected chi connectivity index (χ4v) is 5.28. The maximum absolute atomic E-state index is 13.3. The van der Waals surface area contributed by atoms with Gasteiger partial charge in [-0.2, -0.15) is 0 Å². The summed E-state index contributed by atoms with van der Waals surface area (Å²) in [6, 6.07) is 10.5. The third kappa shape index (κ3) is 4.54. The number of ether oxygens (including phenoxy) is 1. The molecule has 166 valence electrons. The number of hydrogen-bond donors (Lipinski definition) is 0. The molecule has 0 bridgehead atoms. The van der Waals surface area contributed by atoms with Gasteiger partial charge in [-0.15, -0.1) is 0 Å². The molecule has 7 heteroatoms. The summed E-state index contributed by atoms with van der Waals surface area (Å²) in [5, 5.41) is 0. The van der Waals surface area contributed by atoms with Gasteiger partial charge in [0.25, 0.3) is 0 Å². The first kappa shape index (κ1) is 20.7. The molecule has 3 aliphatic rings. The summed E-state index contributed by atoms with van der Waals surface area (Å²) in [5.41, 5.74) is 1.10. The summed E-state index contributed by atoms with van der Waals surface area (Å²) in [7, 11) is 0. The fourth-order valence-electron chi connectivity index (χ4n) is 5.28. The minimum Gasteiger partial charge on any atom is -0.379 e. The lowest BCUT2D eigenvalue weighted by molar-refractivity contribution is -0.135. The Morgan fingerprint density at radius 3 is 2.58 bits per heavy atom. The molecule has 2 aromatic rings. The van der Waals surface area contributed by atoms with Crippen LogP contribution in [0.4, 0.5) is 0 Å². The molecular weight excluding hydrogens is 390 g/mol. The zero-order chi connectivity index (χ0) is 21.1. The van der Waals surface area contributed by atoms with Gasteiger partial charge in [-0.1, -0.05) is 30.3 Å². The number of aromatic nitrogens is 2. The van der Waals surface area contributed by atoms with E-state index in [2.05, 4.69) is 54.7 Å². The number of imidazole rings is 1. The quantitative estimate of drug-likeness (QED) is 0.678. The molecule has 1 aromatic heterocycles. The Bertz CT molecular complexity index is 879. The van der Waals surface area contributed by atoms with Crippen LogP contribution in [0.5, 0.6) is 0 Å². The van der Waals surface area contributed by atoms with Crippen LogP contribution in [0.25, 0.3) is 0 Å². The molecule has 5 rings (SSSR count). The largest absolute Gasteiger partial charge is 0.379 e. The number of likely N-dealkylation sites (tertiary alicyclic amines) is 2. The number of nitrogens with zero attached hydrogens (tertiary/aromatic N) is 5. The molecule has 1 atom stereocenters. The predicted octanol–water partition coefficient (Wildman–Crippen LogP) is 1.69. The molecule has 31 heavy (non-hydrogen) atoms. The van der Waals surface area contributed by atoms with Gasteiger partial charge in [-0.05, 0) is 24.9 Å². The molecule has 1 amide bonds. The Balaban J connectivity index is 1.16. The zero-order valence-corrected chi connectivity index (χ0v) is 18.3. The van der Waals surface area contributed by atoms with Gasteiger partial charge in [0, 0.05) is 58.2 Å². The molecule has 1 unspecified atom stereocenters. The van der Waals surface area contributed by atoms with E-state index in [0.717, 1.165) is 90.8 Å². The van der Waals surface area contributed by atoms with Crippen LogP contribution in [0.3, 0.4) is 0 Å². The van der Waals surface area contributed by atoms with Crippen LogP contribution in [-0.4, -0.2) is 89.2 Å². The van der Waals surface area contributed by atoms with Crippen LogP contribution in [0.2, 0.25) is 0 Å². The van der Waals surface area contributed by atoms with E-state index in [4.69, 9.17) is 4.74 Å². The lowest BCUT2D eigenvalue weighted by atomic mass is 9.85. The third-order valence-electron chi connectivity index (χ3n) is 7.19. The van der Waals surface area contributed by atoms with E-state index in [-0.39, 0.29) is 5.41 Å². The molecule has 3 aliphatic heterocycles. The SMILES string of the molecule is O=C1N(CCN2CCOCC2)CCC12CCN(Cc1nccn1Cc1ccccc1)C2. The van der Waals surface area contributed by atoms with Gasteiger partial charge in [0.1, 0.15) is 5.82 Å². The summed E-state index contributed by atoms with van der Waals surface area (Å²) >= 11 is 0. The molecule has 7 nitrogen and oxygen atoms in total. The minimum absolute atomic E-state index is 0.179. The number of carbonyl (C=O) groups is 1. The molecule has 0 saturated carbocycles. The Morgan fingerprint density at radius 2 is 1.74 bits per heavy atom. The van der Waals surface area contributed by atoms with Crippen molar-refractivity contribution in [2.75, 3.05) is 59.0 Å². The summed E-state index contributed by atoms with van der Waals surface area (Å²) in [5.74, 6) is 1.45. The standard InChI is InChI=1S/C24H33N5O2/c30-23-24(7-10-28(23)13-12-26-14-16-31-17-15-26)6-9-27(20-24)19-22-25-8-11-29(22)18-21-4-2-1-3-5-21/h1-5,8,11H,6-7,9-10,12-20H2. The van der Waals surface area contributed by atoms with Gasteiger partial charge in [-0.3, -0.25) is 14.6 Å². The molecular formula is C24H33N5O2. The van der Waals surface area contributed by atoms with Gasteiger partial charge in [-0.25, -0.2) is 4.98 Å². The van der Waals surface area contributed by atoms with Crippen molar-refractivity contribution >= 4 is 5.91 Å². The molecule has 3 saturated heterocycles. The summed E-state index contributed by atoms with van der Waals surface area (Å²) in [6.07, 6.45) is 5.91.